The minimum absolute atomic E-state index is 0.314. The Morgan fingerprint density at radius 1 is 0.917 bits per heavy atom. The Bertz CT molecular complexity index is 738. The lowest BCUT2D eigenvalue weighted by atomic mass is 10.1. The van der Waals surface area contributed by atoms with Crippen LogP contribution in [0.2, 0.25) is 0 Å². The first-order chi connectivity index (χ1) is 11.2. The molecule has 0 saturated heterocycles. The minimum atomic E-state index is -0.751. The summed E-state index contributed by atoms with van der Waals surface area (Å²) in [5.74, 6) is -0.400. The molecule has 0 aromatic heterocycles. The molecule has 0 radical (unpaired) electrons. The van der Waals surface area contributed by atoms with Gasteiger partial charge in [0.1, 0.15) is 0 Å². The number of urea groups is 1. The number of hydrogen-bond donors (Lipinski definition) is 2. The molecule has 24 heavy (non-hydrogen) atoms. The Kier molecular flexibility index (Phi) is 4.78. The van der Waals surface area contributed by atoms with E-state index < -0.39 is 17.5 Å². The van der Waals surface area contributed by atoms with E-state index in [1.165, 1.54) is 10.0 Å². The van der Waals surface area contributed by atoms with E-state index in [4.69, 9.17) is 11.5 Å². The number of anilines is 2. The number of nitrogens with zero attached hydrogens (tertiary/aromatic N) is 2. The monoisotopic (exact) mass is 326 g/mol. The molecule has 0 aliphatic heterocycles. The summed E-state index contributed by atoms with van der Waals surface area (Å²) in [6.45, 7) is 5.47. The third-order valence-electron chi connectivity index (χ3n) is 3.43. The van der Waals surface area contributed by atoms with Crippen molar-refractivity contribution in [2.24, 2.45) is 5.73 Å². The molecule has 0 spiro atoms. The summed E-state index contributed by atoms with van der Waals surface area (Å²) in [5, 5.41) is 2.51. The van der Waals surface area contributed by atoms with Crippen LogP contribution in [0.5, 0.6) is 0 Å². The van der Waals surface area contributed by atoms with Gasteiger partial charge in [-0.1, -0.05) is 30.3 Å². The molecule has 3 amide bonds. The number of benzene rings is 2. The Balaban J connectivity index is 2.58. The topological polar surface area (TPSA) is 92.7 Å². The van der Waals surface area contributed by atoms with Gasteiger partial charge in [0.2, 0.25) is 0 Å². The minimum Gasteiger partial charge on any atom is -0.398 e. The van der Waals surface area contributed by atoms with E-state index in [9.17, 15) is 9.59 Å². The summed E-state index contributed by atoms with van der Waals surface area (Å²) in [4.78, 5) is 25.3. The molecule has 2 aromatic rings. The van der Waals surface area contributed by atoms with Crippen molar-refractivity contribution in [2.45, 2.75) is 26.3 Å². The fourth-order valence-electron chi connectivity index (χ4n) is 2.41. The first-order valence-corrected chi connectivity index (χ1v) is 7.57. The smallest absolute Gasteiger partial charge is 0.338 e. The number of carbonyl (C=O) groups excluding carboxylic acids is 2. The van der Waals surface area contributed by atoms with Crippen LogP contribution in [0.3, 0.4) is 0 Å². The zero-order valence-corrected chi connectivity index (χ0v) is 14.1. The molecule has 4 N–H and O–H groups in total. The zero-order valence-electron chi connectivity index (χ0n) is 14.1. The lowest BCUT2D eigenvalue weighted by Crippen LogP contribution is -2.60. The molecule has 126 valence electrons. The predicted molar refractivity (Wildman–Crippen MR) is 95.3 cm³/mol. The molecule has 0 atom stereocenters. The lowest BCUT2D eigenvalue weighted by molar-refractivity contribution is 0.0570. The third-order valence-corrected chi connectivity index (χ3v) is 3.43. The van der Waals surface area contributed by atoms with Gasteiger partial charge in [0, 0.05) is 5.69 Å². The van der Waals surface area contributed by atoms with Crippen molar-refractivity contribution in [3.8, 4) is 0 Å². The Labute approximate surface area is 141 Å². The van der Waals surface area contributed by atoms with Crippen molar-refractivity contribution < 1.29 is 9.59 Å². The fourth-order valence-corrected chi connectivity index (χ4v) is 2.41. The number of rotatable bonds is 2. The maximum atomic E-state index is 13.1. The normalized spacial score (nSPS) is 11.0. The van der Waals surface area contributed by atoms with Gasteiger partial charge in [0.05, 0.1) is 16.8 Å². The summed E-state index contributed by atoms with van der Waals surface area (Å²) in [6, 6.07) is 14.8. The van der Waals surface area contributed by atoms with Crippen molar-refractivity contribution >= 4 is 23.3 Å². The summed E-state index contributed by atoms with van der Waals surface area (Å²) < 4.78 is 0. The van der Waals surface area contributed by atoms with Crippen LogP contribution in [0.4, 0.5) is 16.2 Å². The molecular formula is C18H22N4O2. The molecule has 0 heterocycles. The van der Waals surface area contributed by atoms with Crippen LogP contribution >= 0.6 is 0 Å². The first-order valence-electron chi connectivity index (χ1n) is 7.57. The SMILES string of the molecule is CC(C)(C)N(C(=O)c1ccccc1N)N(C(N)=O)c1ccccc1. The van der Waals surface area contributed by atoms with Gasteiger partial charge in [-0.25, -0.2) is 9.80 Å². The number of carbonyl (C=O) groups is 2. The average molecular weight is 326 g/mol. The first kappa shape index (κ1) is 17.3. The lowest BCUT2D eigenvalue weighted by Gasteiger charge is -2.42. The van der Waals surface area contributed by atoms with Gasteiger partial charge >= 0.3 is 6.03 Å². The second-order valence-electron chi connectivity index (χ2n) is 6.36. The maximum Gasteiger partial charge on any atom is 0.338 e. The third kappa shape index (κ3) is 3.48. The fraction of sp³-hybridized carbons (Fsp3) is 0.222. The van der Waals surface area contributed by atoms with E-state index in [1.807, 2.05) is 26.8 Å². The van der Waals surface area contributed by atoms with Gasteiger partial charge in [0.15, 0.2) is 0 Å². The molecule has 2 aromatic carbocycles. The van der Waals surface area contributed by atoms with Gasteiger partial charge in [0.25, 0.3) is 5.91 Å². The largest absolute Gasteiger partial charge is 0.398 e. The van der Waals surface area contributed by atoms with Gasteiger partial charge < -0.3 is 11.5 Å². The quantitative estimate of drug-likeness (QED) is 0.656. The summed E-state index contributed by atoms with van der Waals surface area (Å²) in [5.41, 5.74) is 12.0. The Morgan fingerprint density at radius 3 is 1.96 bits per heavy atom. The summed E-state index contributed by atoms with van der Waals surface area (Å²) >= 11 is 0. The van der Waals surface area contributed by atoms with Gasteiger partial charge in [-0.05, 0) is 45.0 Å². The van der Waals surface area contributed by atoms with Crippen molar-refractivity contribution in [3.05, 3.63) is 60.2 Å². The predicted octanol–water partition coefficient (Wildman–Crippen LogP) is 3.01. The van der Waals surface area contributed by atoms with Crippen LogP contribution in [-0.2, 0) is 0 Å². The van der Waals surface area contributed by atoms with Crippen LogP contribution in [-0.4, -0.2) is 22.5 Å². The number of hydrogen-bond acceptors (Lipinski definition) is 3. The van der Waals surface area contributed by atoms with E-state index in [0.717, 1.165) is 0 Å². The number of primary amides is 1. The molecule has 0 saturated carbocycles. The van der Waals surface area contributed by atoms with Gasteiger partial charge in [-0.15, -0.1) is 0 Å². The Hall–Kier alpha value is -3.02. The summed E-state index contributed by atoms with van der Waals surface area (Å²) in [6.07, 6.45) is 0. The molecule has 0 aliphatic carbocycles. The van der Waals surface area contributed by atoms with Crippen molar-refractivity contribution in [1.82, 2.24) is 5.01 Å². The zero-order chi connectivity index (χ0) is 17.9. The van der Waals surface area contributed by atoms with Crippen molar-refractivity contribution in [1.29, 1.82) is 0 Å². The van der Waals surface area contributed by atoms with E-state index in [-0.39, 0.29) is 0 Å². The molecule has 0 aliphatic rings. The molecular weight excluding hydrogens is 304 g/mol. The molecule has 0 fully saturated rings. The Morgan fingerprint density at radius 2 is 1.46 bits per heavy atom. The van der Waals surface area contributed by atoms with E-state index in [2.05, 4.69) is 0 Å². The van der Waals surface area contributed by atoms with Crippen LogP contribution in [0.25, 0.3) is 0 Å². The standard InChI is InChI=1S/C18H22N4O2/c1-18(2,3)22(16(23)14-11-7-8-12-15(14)19)21(17(20)24)13-9-5-4-6-10-13/h4-12H,19H2,1-3H3,(H2,20,24). The molecule has 6 nitrogen and oxygen atoms in total. The highest BCUT2D eigenvalue weighted by Crippen LogP contribution is 2.27. The maximum absolute atomic E-state index is 13.1. The van der Waals surface area contributed by atoms with E-state index >= 15 is 0 Å². The van der Waals surface area contributed by atoms with Crippen LogP contribution in [0.15, 0.2) is 54.6 Å². The highest BCUT2D eigenvalue weighted by Gasteiger charge is 2.36. The van der Waals surface area contributed by atoms with Gasteiger partial charge in [-0.3, -0.25) is 4.79 Å². The number of hydrazine groups is 1. The van der Waals surface area contributed by atoms with E-state index in [0.29, 0.717) is 16.9 Å². The second kappa shape index (κ2) is 6.62. The van der Waals surface area contributed by atoms with Crippen LogP contribution in [0.1, 0.15) is 31.1 Å². The average Bonchev–Trinajstić information content (AvgIpc) is 2.51. The molecule has 0 bridgehead atoms. The van der Waals surface area contributed by atoms with Crippen molar-refractivity contribution in [2.75, 3.05) is 10.7 Å². The van der Waals surface area contributed by atoms with Crippen LogP contribution < -0.4 is 16.5 Å². The number of nitrogens with two attached hydrogens (primary N) is 2. The molecule has 0 unspecified atom stereocenters. The highest BCUT2D eigenvalue weighted by molar-refractivity contribution is 6.04. The summed E-state index contributed by atoms with van der Waals surface area (Å²) in [7, 11) is 0. The second-order valence-corrected chi connectivity index (χ2v) is 6.36. The number of nitrogen functional groups attached to an aromatic ring is 1. The van der Waals surface area contributed by atoms with E-state index in [1.54, 1.807) is 48.5 Å². The number of para-hydroxylation sites is 2. The molecule has 2 rings (SSSR count). The number of amides is 3. The van der Waals surface area contributed by atoms with Crippen molar-refractivity contribution in [3.63, 3.8) is 0 Å². The van der Waals surface area contributed by atoms with Gasteiger partial charge in [-0.2, -0.15) is 5.01 Å². The highest BCUT2D eigenvalue weighted by atomic mass is 16.2. The van der Waals surface area contributed by atoms with Crippen LogP contribution in [0, 0.1) is 0 Å². The molecule has 6 heteroatoms.